The molecule has 1 aromatic rings. The molecule has 0 aliphatic heterocycles. The molecule has 1 heterocycles. The van der Waals surface area contributed by atoms with E-state index in [0.29, 0.717) is 13.0 Å². The molecule has 0 aliphatic carbocycles. The van der Waals surface area contributed by atoms with Gasteiger partial charge in [0.1, 0.15) is 0 Å². The zero-order valence-electron chi connectivity index (χ0n) is 12.7. The summed E-state index contributed by atoms with van der Waals surface area (Å²) in [6, 6.07) is 0. The molecule has 1 aromatic heterocycles. The topological polar surface area (TPSA) is 57.8 Å². The van der Waals surface area contributed by atoms with Crippen molar-refractivity contribution in [3.05, 3.63) is 41.3 Å². The van der Waals surface area contributed by atoms with Crippen LogP contribution in [0.3, 0.4) is 0 Å². The molecule has 0 fully saturated rings. The van der Waals surface area contributed by atoms with Gasteiger partial charge < -0.3 is 5.32 Å². The lowest BCUT2D eigenvalue weighted by molar-refractivity contribution is -0.120. The first-order valence-electron chi connectivity index (χ1n) is 6.52. The average molecular weight is 263 g/mol. The lowest BCUT2D eigenvalue weighted by Gasteiger charge is -2.07. The van der Waals surface area contributed by atoms with Gasteiger partial charge in [-0.2, -0.15) is 5.10 Å². The van der Waals surface area contributed by atoms with Crippen LogP contribution in [0.2, 0.25) is 0 Å². The fraction of sp³-hybridized carbons (Fsp3) is 0.467. The van der Waals surface area contributed by atoms with Gasteiger partial charge in [0.05, 0.1) is 12.1 Å². The molecular formula is C15H25N3O. The van der Waals surface area contributed by atoms with E-state index in [1.165, 1.54) is 0 Å². The molecule has 4 heteroatoms. The number of carbonyl (C=O) groups is 1. The summed E-state index contributed by atoms with van der Waals surface area (Å²) in [5.74, 6) is -0.0278. The minimum absolute atomic E-state index is 0.0278. The number of aryl methyl sites for hydroxylation is 2. The summed E-state index contributed by atoms with van der Waals surface area (Å²) in [4.78, 5) is 11.7. The monoisotopic (exact) mass is 263 g/mol. The maximum atomic E-state index is 11.7. The number of aromatic nitrogens is 2. The summed E-state index contributed by atoms with van der Waals surface area (Å²) in [6.07, 6.45) is 0.345. The summed E-state index contributed by atoms with van der Waals surface area (Å²) in [7, 11) is 0. The number of nitrogens with one attached hydrogen (secondary N) is 2. The summed E-state index contributed by atoms with van der Waals surface area (Å²) in [6.45, 7) is 17.7. The molecule has 0 bridgehead atoms. The van der Waals surface area contributed by atoms with E-state index in [9.17, 15) is 4.79 Å². The average Bonchev–Trinajstić information content (AvgIpc) is 2.70. The van der Waals surface area contributed by atoms with Crippen LogP contribution in [-0.2, 0) is 11.2 Å². The first-order chi connectivity index (χ1) is 8.91. The van der Waals surface area contributed by atoms with Crippen molar-refractivity contribution in [1.29, 1.82) is 0 Å². The van der Waals surface area contributed by atoms with Crippen LogP contribution in [0.25, 0.3) is 0 Å². The first kappa shape index (κ1) is 17.2. The number of carbonyl (C=O) groups excluding carboxylic acids is 1. The highest BCUT2D eigenvalue weighted by atomic mass is 16.1. The molecule has 0 unspecified atom stereocenters. The van der Waals surface area contributed by atoms with E-state index in [2.05, 4.69) is 28.7 Å². The maximum Gasteiger partial charge on any atom is 0.224 e. The Labute approximate surface area is 116 Å². The number of aromatic amines is 1. The molecule has 0 saturated carbocycles. The molecular weight excluding hydrogens is 238 g/mol. The summed E-state index contributed by atoms with van der Waals surface area (Å²) in [5.41, 5.74) is 4.51. The highest BCUT2D eigenvalue weighted by Crippen LogP contribution is 2.10. The fourth-order valence-electron chi connectivity index (χ4n) is 1.41. The van der Waals surface area contributed by atoms with Crippen LogP contribution in [0, 0.1) is 13.8 Å². The Hall–Kier alpha value is -1.84. The molecule has 0 saturated heterocycles. The van der Waals surface area contributed by atoms with Crippen molar-refractivity contribution in [2.24, 2.45) is 0 Å². The predicted octanol–water partition coefficient (Wildman–Crippen LogP) is 2.84. The minimum atomic E-state index is -0.0278. The number of hydrogen-bond acceptors (Lipinski definition) is 2. The standard InChI is InChI=1S/C13H19N3O.C2H6/c1-8(2)9(3)7-14-13(17)6-12-10(4)15-16-11(12)5;1-2/h1,3,6-7H2,2,4-5H3,(H,14,17)(H,15,16);1-2H3. The Balaban J connectivity index is 0.00000154. The van der Waals surface area contributed by atoms with Crippen LogP contribution in [0.1, 0.15) is 37.7 Å². The van der Waals surface area contributed by atoms with Gasteiger partial charge in [-0.15, -0.1) is 0 Å². The quantitative estimate of drug-likeness (QED) is 0.803. The third kappa shape index (κ3) is 5.55. The smallest absolute Gasteiger partial charge is 0.224 e. The van der Waals surface area contributed by atoms with Gasteiger partial charge in [-0.25, -0.2) is 0 Å². The van der Waals surface area contributed by atoms with Gasteiger partial charge >= 0.3 is 0 Å². The molecule has 0 atom stereocenters. The van der Waals surface area contributed by atoms with Crippen molar-refractivity contribution in [3.63, 3.8) is 0 Å². The van der Waals surface area contributed by atoms with E-state index in [1.54, 1.807) is 0 Å². The Morgan fingerprint density at radius 2 is 1.89 bits per heavy atom. The van der Waals surface area contributed by atoms with Gasteiger partial charge in [-0.1, -0.05) is 32.6 Å². The van der Waals surface area contributed by atoms with E-state index < -0.39 is 0 Å². The third-order valence-electron chi connectivity index (χ3n) is 2.72. The minimum Gasteiger partial charge on any atom is -0.352 e. The van der Waals surface area contributed by atoms with Gasteiger partial charge in [0.2, 0.25) is 5.91 Å². The van der Waals surface area contributed by atoms with E-state index in [1.807, 2.05) is 34.6 Å². The molecule has 0 spiro atoms. The van der Waals surface area contributed by atoms with Crippen LogP contribution in [-0.4, -0.2) is 22.6 Å². The van der Waals surface area contributed by atoms with Crippen LogP contribution < -0.4 is 5.32 Å². The van der Waals surface area contributed by atoms with Crippen LogP contribution in [0.4, 0.5) is 0 Å². The van der Waals surface area contributed by atoms with Crippen LogP contribution >= 0.6 is 0 Å². The second-order valence-corrected chi connectivity index (χ2v) is 4.25. The number of nitrogens with zero attached hydrogens (tertiary/aromatic N) is 1. The molecule has 2 N–H and O–H groups in total. The van der Waals surface area contributed by atoms with Crippen LogP contribution in [0.15, 0.2) is 24.3 Å². The van der Waals surface area contributed by atoms with Crippen LogP contribution in [0.5, 0.6) is 0 Å². The number of rotatable bonds is 5. The summed E-state index contributed by atoms with van der Waals surface area (Å²) < 4.78 is 0. The second kappa shape index (κ2) is 8.29. The first-order valence-corrected chi connectivity index (χ1v) is 6.52. The van der Waals surface area contributed by atoms with Crippen molar-refractivity contribution in [1.82, 2.24) is 15.5 Å². The largest absolute Gasteiger partial charge is 0.352 e. The lowest BCUT2D eigenvalue weighted by Crippen LogP contribution is -2.27. The van der Waals surface area contributed by atoms with Gasteiger partial charge in [-0.05, 0) is 26.3 Å². The predicted molar refractivity (Wildman–Crippen MR) is 80.1 cm³/mol. The highest BCUT2D eigenvalue weighted by molar-refractivity contribution is 5.79. The second-order valence-electron chi connectivity index (χ2n) is 4.25. The van der Waals surface area contributed by atoms with Crippen molar-refractivity contribution in [2.75, 3.05) is 6.54 Å². The van der Waals surface area contributed by atoms with Crippen molar-refractivity contribution in [3.8, 4) is 0 Å². The van der Waals surface area contributed by atoms with Crippen molar-refractivity contribution >= 4 is 5.91 Å². The van der Waals surface area contributed by atoms with Gasteiger partial charge in [0.25, 0.3) is 0 Å². The lowest BCUT2D eigenvalue weighted by atomic mass is 10.1. The molecule has 1 amide bonds. The molecule has 0 aromatic carbocycles. The number of hydrogen-bond donors (Lipinski definition) is 2. The fourth-order valence-corrected chi connectivity index (χ4v) is 1.41. The van der Waals surface area contributed by atoms with Gasteiger partial charge in [0.15, 0.2) is 0 Å². The maximum absolute atomic E-state index is 11.7. The molecule has 0 radical (unpaired) electrons. The number of H-pyrrole nitrogens is 1. The van der Waals surface area contributed by atoms with E-state index in [-0.39, 0.29) is 5.91 Å². The zero-order valence-corrected chi connectivity index (χ0v) is 12.7. The number of amides is 1. The molecule has 1 rings (SSSR count). The van der Waals surface area contributed by atoms with E-state index in [0.717, 1.165) is 28.1 Å². The van der Waals surface area contributed by atoms with Gasteiger partial charge in [0, 0.05) is 17.8 Å². The molecule has 4 nitrogen and oxygen atoms in total. The SMILES string of the molecule is C=C(C)C(=C)CNC(=O)Cc1c(C)n[nH]c1C.CC. The summed E-state index contributed by atoms with van der Waals surface area (Å²) in [5, 5.41) is 9.74. The van der Waals surface area contributed by atoms with Crippen molar-refractivity contribution < 1.29 is 4.79 Å². The third-order valence-corrected chi connectivity index (χ3v) is 2.72. The Kier molecular flexibility index (Phi) is 7.49. The van der Waals surface area contributed by atoms with Gasteiger partial charge in [-0.3, -0.25) is 9.89 Å². The Morgan fingerprint density at radius 3 is 2.32 bits per heavy atom. The Bertz CT molecular complexity index is 438. The van der Waals surface area contributed by atoms with E-state index in [4.69, 9.17) is 0 Å². The van der Waals surface area contributed by atoms with E-state index >= 15 is 0 Å². The van der Waals surface area contributed by atoms with Crippen molar-refractivity contribution in [2.45, 2.75) is 41.0 Å². The molecule has 106 valence electrons. The molecule has 0 aliphatic rings. The normalized spacial score (nSPS) is 9.32. The molecule has 19 heavy (non-hydrogen) atoms. The highest BCUT2D eigenvalue weighted by Gasteiger charge is 2.11. The zero-order chi connectivity index (χ0) is 15.0. The summed E-state index contributed by atoms with van der Waals surface area (Å²) >= 11 is 0. The Morgan fingerprint density at radius 1 is 1.32 bits per heavy atom.